The van der Waals surface area contributed by atoms with Gasteiger partial charge in [0.15, 0.2) is 0 Å². The van der Waals surface area contributed by atoms with Gasteiger partial charge < -0.3 is 4.90 Å². The van der Waals surface area contributed by atoms with Gasteiger partial charge in [-0.25, -0.2) is 4.98 Å². The third kappa shape index (κ3) is 2.26. The number of rotatable bonds is 2. The Kier molecular flexibility index (Phi) is 3.16. The van der Waals surface area contributed by atoms with Crippen molar-refractivity contribution >= 4 is 29.0 Å². The number of amides is 1. The first-order valence-electron chi connectivity index (χ1n) is 6.11. The molecule has 0 saturated heterocycles. The molecule has 0 N–H and O–H groups in total. The molecule has 5 nitrogen and oxygen atoms in total. The van der Waals surface area contributed by atoms with Crippen LogP contribution in [0.1, 0.15) is 21.6 Å². The van der Waals surface area contributed by atoms with Crippen molar-refractivity contribution in [3.63, 3.8) is 0 Å². The summed E-state index contributed by atoms with van der Waals surface area (Å²) in [4.78, 5) is 29.3. The van der Waals surface area contributed by atoms with Crippen molar-refractivity contribution in [1.82, 2.24) is 4.98 Å². The molecule has 1 aliphatic rings. The Labute approximate surface area is 125 Å². The quantitative estimate of drug-likeness (QED) is 0.797. The fourth-order valence-electron chi connectivity index (χ4n) is 2.24. The van der Waals surface area contributed by atoms with E-state index in [1.165, 1.54) is 11.1 Å². The van der Waals surface area contributed by atoms with Gasteiger partial charge in [0.2, 0.25) is 0 Å². The first-order chi connectivity index (χ1) is 10.1. The van der Waals surface area contributed by atoms with Crippen molar-refractivity contribution in [1.29, 1.82) is 5.26 Å². The minimum Gasteiger partial charge on any atom is -0.300 e. The Morgan fingerprint density at radius 2 is 2.05 bits per heavy atom. The third-order valence-electron chi connectivity index (χ3n) is 3.21. The Hall–Kier alpha value is -2.71. The second-order valence-corrected chi connectivity index (χ2v) is 4.98. The van der Waals surface area contributed by atoms with Crippen LogP contribution in [0.15, 0.2) is 36.5 Å². The first kappa shape index (κ1) is 13.3. The lowest BCUT2D eigenvalue weighted by Gasteiger charge is -2.16. The number of pyridine rings is 1. The van der Waals surface area contributed by atoms with Crippen molar-refractivity contribution in [2.24, 2.45) is 0 Å². The number of fused-ring (bicyclic) bond motifs is 1. The van der Waals surface area contributed by atoms with E-state index in [1.54, 1.807) is 30.3 Å². The van der Waals surface area contributed by atoms with Crippen LogP contribution in [0.3, 0.4) is 0 Å². The third-order valence-corrected chi connectivity index (χ3v) is 3.45. The van der Waals surface area contributed by atoms with Crippen LogP contribution in [0.25, 0.3) is 0 Å². The van der Waals surface area contributed by atoms with Crippen molar-refractivity contribution < 1.29 is 9.59 Å². The molecule has 2 heterocycles. The number of nitriles is 1. The summed E-state index contributed by atoms with van der Waals surface area (Å²) >= 11 is 5.93. The molecular formula is C15H8ClN3O2. The second-order valence-electron chi connectivity index (χ2n) is 4.54. The zero-order valence-electron chi connectivity index (χ0n) is 10.7. The molecule has 0 atom stereocenters. The van der Waals surface area contributed by atoms with Crippen LogP contribution in [0.4, 0.5) is 5.69 Å². The molecule has 102 valence electrons. The summed E-state index contributed by atoms with van der Waals surface area (Å²) in [5, 5.41) is 9.30. The summed E-state index contributed by atoms with van der Waals surface area (Å²) in [6.07, 6.45) is 1.50. The number of carbonyl (C=O) groups is 2. The molecule has 0 spiro atoms. The van der Waals surface area contributed by atoms with Crippen molar-refractivity contribution in [2.45, 2.75) is 6.54 Å². The van der Waals surface area contributed by atoms with Gasteiger partial charge in [0.05, 0.1) is 17.8 Å². The molecule has 0 bridgehead atoms. The van der Waals surface area contributed by atoms with Gasteiger partial charge in [0.1, 0.15) is 11.8 Å². The van der Waals surface area contributed by atoms with Crippen molar-refractivity contribution in [3.05, 3.63) is 58.4 Å². The highest BCUT2D eigenvalue weighted by Gasteiger charge is 2.35. The highest BCUT2D eigenvalue weighted by Crippen LogP contribution is 2.32. The Balaban J connectivity index is 2.00. The molecule has 0 fully saturated rings. The van der Waals surface area contributed by atoms with Crippen molar-refractivity contribution in [3.8, 4) is 6.07 Å². The fourth-order valence-corrected chi connectivity index (χ4v) is 2.41. The molecule has 0 saturated carbocycles. The number of hydrogen-bond acceptors (Lipinski definition) is 4. The zero-order chi connectivity index (χ0) is 15.0. The van der Waals surface area contributed by atoms with E-state index >= 15 is 0 Å². The number of benzene rings is 1. The SMILES string of the molecule is N#Cc1cc(CN2C(=O)C(=O)c3ccc(Cl)cc32)ccn1. The van der Waals surface area contributed by atoms with Crippen LogP contribution in [-0.2, 0) is 11.3 Å². The fraction of sp³-hybridized carbons (Fsp3) is 0.0667. The van der Waals surface area contributed by atoms with Gasteiger partial charge in [0, 0.05) is 11.2 Å². The number of ketones is 1. The van der Waals surface area contributed by atoms with Crippen LogP contribution in [-0.4, -0.2) is 16.7 Å². The van der Waals surface area contributed by atoms with E-state index in [0.29, 0.717) is 16.3 Å². The number of aromatic nitrogens is 1. The second kappa shape index (κ2) is 5.00. The van der Waals surface area contributed by atoms with E-state index in [2.05, 4.69) is 4.98 Å². The van der Waals surface area contributed by atoms with Gasteiger partial charge in [-0.3, -0.25) is 9.59 Å². The number of hydrogen-bond donors (Lipinski definition) is 0. The number of Topliss-reactive ketones (excluding diaryl/α,β-unsaturated/α-hetero) is 1. The largest absolute Gasteiger partial charge is 0.300 e. The lowest BCUT2D eigenvalue weighted by Crippen LogP contribution is -2.29. The van der Waals surface area contributed by atoms with Gasteiger partial charge >= 0.3 is 0 Å². The maximum Gasteiger partial charge on any atom is 0.299 e. The highest BCUT2D eigenvalue weighted by molar-refractivity contribution is 6.52. The van der Waals surface area contributed by atoms with Gasteiger partial charge in [-0.2, -0.15) is 5.26 Å². The van der Waals surface area contributed by atoms with E-state index in [0.717, 1.165) is 5.56 Å². The molecule has 3 rings (SSSR count). The van der Waals surface area contributed by atoms with E-state index in [9.17, 15) is 9.59 Å². The summed E-state index contributed by atoms with van der Waals surface area (Å²) < 4.78 is 0. The summed E-state index contributed by atoms with van der Waals surface area (Å²) in [5.41, 5.74) is 1.82. The van der Waals surface area contributed by atoms with Gasteiger partial charge in [-0.15, -0.1) is 0 Å². The van der Waals surface area contributed by atoms with Gasteiger partial charge in [-0.1, -0.05) is 11.6 Å². The van der Waals surface area contributed by atoms with E-state index < -0.39 is 11.7 Å². The van der Waals surface area contributed by atoms with Crippen LogP contribution >= 0.6 is 11.6 Å². The van der Waals surface area contributed by atoms with Gasteiger partial charge in [-0.05, 0) is 35.9 Å². The molecule has 1 amide bonds. The van der Waals surface area contributed by atoms with Crippen molar-refractivity contribution in [2.75, 3.05) is 4.90 Å². The zero-order valence-corrected chi connectivity index (χ0v) is 11.5. The van der Waals surface area contributed by atoms with Crippen LogP contribution in [0.2, 0.25) is 5.02 Å². The molecule has 1 aliphatic heterocycles. The highest BCUT2D eigenvalue weighted by atomic mass is 35.5. The molecule has 2 aromatic rings. The van der Waals surface area contributed by atoms with Crippen LogP contribution in [0.5, 0.6) is 0 Å². The maximum atomic E-state index is 12.1. The topological polar surface area (TPSA) is 74.1 Å². The Bertz CT molecular complexity index is 811. The molecule has 1 aromatic heterocycles. The van der Waals surface area contributed by atoms with Gasteiger partial charge in [0.25, 0.3) is 11.7 Å². The number of carbonyl (C=O) groups excluding carboxylic acids is 2. The number of halogens is 1. The number of anilines is 1. The Morgan fingerprint density at radius 1 is 1.24 bits per heavy atom. The van der Waals surface area contributed by atoms with Crippen LogP contribution < -0.4 is 4.90 Å². The lowest BCUT2D eigenvalue weighted by molar-refractivity contribution is -0.114. The summed E-state index contributed by atoms with van der Waals surface area (Å²) in [7, 11) is 0. The summed E-state index contributed by atoms with van der Waals surface area (Å²) in [6.45, 7) is 0.190. The lowest BCUT2D eigenvalue weighted by atomic mass is 10.1. The normalized spacial score (nSPS) is 13.2. The predicted octanol–water partition coefficient (Wildman–Crippen LogP) is 2.34. The predicted molar refractivity (Wildman–Crippen MR) is 75.9 cm³/mol. The molecule has 0 aliphatic carbocycles. The molecule has 1 aromatic carbocycles. The molecular weight excluding hydrogens is 290 g/mol. The smallest absolute Gasteiger partial charge is 0.299 e. The minimum absolute atomic E-state index is 0.190. The standard InChI is InChI=1S/C15H8ClN3O2/c16-10-1-2-12-13(6-10)19(15(21)14(12)20)8-9-3-4-18-11(5-9)7-17/h1-6H,8H2. The monoisotopic (exact) mass is 297 g/mol. The maximum absolute atomic E-state index is 12.1. The Morgan fingerprint density at radius 3 is 2.81 bits per heavy atom. The number of nitrogens with zero attached hydrogens (tertiary/aromatic N) is 3. The molecule has 21 heavy (non-hydrogen) atoms. The minimum atomic E-state index is -0.595. The summed E-state index contributed by atoms with van der Waals surface area (Å²) in [5.74, 6) is -1.14. The van der Waals surface area contributed by atoms with E-state index in [1.807, 2.05) is 6.07 Å². The molecule has 6 heteroatoms. The average Bonchev–Trinajstić information content (AvgIpc) is 2.72. The molecule has 0 unspecified atom stereocenters. The van der Waals surface area contributed by atoms with E-state index in [4.69, 9.17) is 16.9 Å². The first-order valence-corrected chi connectivity index (χ1v) is 6.48. The van der Waals surface area contributed by atoms with Crippen LogP contribution in [0, 0.1) is 11.3 Å². The average molecular weight is 298 g/mol. The summed E-state index contributed by atoms with van der Waals surface area (Å²) in [6, 6.07) is 9.93. The van der Waals surface area contributed by atoms with E-state index in [-0.39, 0.29) is 12.2 Å². The molecule has 0 radical (unpaired) electrons.